The summed E-state index contributed by atoms with van der Waals surface area (Å²) in [6.45, 7) is 2.67. The summed E-state index contributed by atoms with van der Waals surface area (Å²) in [4.78, 5) is 13.6. The molecule has 0 heterocycles. The quantitative estimate of drug-likeness (QED) is 0.883. The van der Waals surface area contributed by atoms with Crippen LogP contribution in [0.5, 0.6) is 0 Å². The number of benzene rings is 1. The Kier molecular flexibility index (Phi) is 5.51. The largest absolute Gasteiger partial charge is 0.342 e. The number of hydrogen-bond donors (Lipinski definition) is 1. The smallest absolute Gasteiger partial charge is 0.253 e. The lowest BCUT2D eigenvalue weighted by Crippen LogP contribution is -2.28. The number of carbonyl (C=O) groups excluding carboxylic acids is 1. The standard InChI is InChI=1S/C12H17BrN2O3S/c1-3-4-5-15(2)12(16)9-6-10(13)8-11(7-9)19(14,17)18/h6-8H,3-5H2,1-2H3,(H2,14,17,18). The van der Waals surface area contributed by atoms with E-state index in [4.69, 9.17) is 5.14 Å². The molecule has 0 spiro atoms. The topological polar surface area (TPSA) is 80.5 Å². The average Bonchev–Trinajstić information content (AvgIpc) is 2.33. The Morgan fingerprint density at radius 3 is 2.53 bits per heavy atom. The van der Waals surface area contributed by atoms with Gasteiger partial charge in [-0.15, -0.1) is 0 Å². The number of amides is 1. The zero-order valence-corrected chi connectivity index (χ0v) is 13.3. The minimum absolute atomic E-state index is 0.0749. The van der Waals surface area contributed by atoms with Crippen molar-refractivity contribution in [1.82, 2.24) is 4.90 Å². The van der Waals surface area contributed by atoms with Crippen LogP contribution in [0.2, 0.25) is 0 Å². The van der Waals surface area contributed by atoms with Crippen LogP contribution >= 0.6 is 15.9 Å². The molecule has 1 amide bonds. The van der Waals surface area contributed by atoms with Crippen LogP contribution in [0.25, 0.3) is 0 Å². The van der Waals surface area contributed by atoms with E-state index in [0.29, 0.717) is 16.6 Å². The third-order valence-electron chi connectivity index (χ3n) is 2.64. The molecule has 0 aliphatic heterocycles. The van der Waals surface area contributed by atoms with Crippen molar-refractivity contribution >= 4 is 31.9 Å². The summed E-state index contributed by atoms with van der Waals surface area (Å²) in [6, 6.07) is 4.25. The average molecular weight is 349 g/mol. The molecule has 1 aromatic rings. The number of sulfonamides is 1. The van der Waals surface area contributed by atoms with Gasteiger partial charge in [0.15, 0.2) is 0 Å². The van der Waals surface area contributed by atoms with Gasteiger partial charge in [-0.25, -0.2) is 13.6 Å². The van der Waals surface area contributed by atoms with Crippen molar-refractivity contribution in [2.24, 2.45) is 5.14 Å². The monoisotopic (exact) mass is 348 g/mol. The Labute approximate surface area is 122 Å². The summed E-state index contributed by atoms with van der Waals surface area (Å²) in [5, 5.41) is 5.08. The van der Waals surface area contributed by atoms with E-state index in [1.54, 1.807) is 18.0 Å². The van der Waals surface area contributed by atoms with Gasteiger partial charge in [0.05, 0.1) is 4.90 Å². The summed E-state index contributed by atoms with van der Waals surface area (Å²) in [5.41, 5.74) is 0.303. The molecule has 2 N–H and O–H groups in total. The predicted molar refractivity (Wildman–Crippen MR) is 77.4 cm³/mol. The molecule has 1 rings (SSSR count). The molecule has 0 aliphatic carbocycles. The molecule has 0 aromatic heterocycles. The third kappa shape index (κ3) is 4.59. The summed E-state index contributed by atoms with van der Waals surface area (Å²) >= 11 is 3.18. The lowest BCUT2D eigenvalue weighted by Gasteiger charge is -2.17. The molecule has 0 saturated carbocycles. The van der Waals surface area contributed by atoms with E-state index in [2.05, 4.69) is 15.9 Å². The van der Waals surface area contributed by atoms with Gasteiger partial charge in [-0.1, -0.05) is 29.3 Å². The Morgan fingerprint density at radius 2 is 2.00 bits per heavy atom. The number of halogens is 1. The molecule has 106 valence electrons. The molecule has 5 nitrogen and oxygen atoms in total. The minimum atomic E-state index is -3.82. The first kappa shape index (κ1) is 16.1. The molecule has 0 saturated heterocycles. The molecular weight excluding hydrogens is 332 g/mol. The van der Waals surface area contributed by atoms with E-state index in [1.165, 1.54) is 12.1 Å². The van der Waals surface area contributed by atoms with Gasteiger partial charge in [-0.2, -0.15) is 0 Å². The number of rotatable bonds is 5. The molecule has 7 heteroatoms. The predicted octanol–water partition coefficient (Wildman–Crippen LogP) is 1.97. The molecule has 19 heavy (non-hydrogen) atoms. The first-order valence-corrected chi connectivity index (χ1v) is 8.18. The van der Waals surface area contributed by atoms with Gasteiger partial charge in [-0.05, 0) is 24.6 Å². The Balaban J connectivity index is 3.07. The van der Waals surface area contributed by atoms with Gasteiger partial charge in [0, 0.05) is 23.6 Å². The van der Waals surface area contributed by atoms with Crippen molar-refractivity contribution in [3.8, 4) is 0 Å². The van der Waals surface area contributed by atoms with Crippen molar-refractivity contribution in [3.63, 3.8) is 0 Å². The highest BCUT2D eigenvalue weighted by molar-refractivity contribution is 9.10. The minimum Gasteiger partial charge on any atom is -0.342 e. The molecule has 1 aromatic carbocycles. The van der Waals surface area contributed by atoms with E-state index >= 15 is 0 Å². The van der Waals surface area contributed by atoms with Gasteiger partial charge in [0.25, 0.3) is 5.91 Å². The van der Waals surface area contributed by atoms with Crippen molar-refractivity contribution in [2.75, 3.05) is 13.6 Å². The fourth-order valence-electron chi connectivity index (χ4n) is 1.57. The van der Waals surface area contributed by atoms with Crippen LogP contribution < -0.4 is 5.14 Å². The van der Waals surface area contributed by atoms with E-state index < -0.39 is 10.0 Å². The molecule has 0 bridgehead atoms. The fraction of sp³-hybridized carbons (Fsp3) is 0.417. The molecule has 0 atom stereocenters. The molecule has 0 fully saturated rings. The number of carbonyl (C=O) groups is 1. The molecular formula is C12H17BrN2O3S. The number of unbranched alkanes of at least 4 members (excludes halogenated alkanes) is 1. The summed E-state index contributed by atoms with van der Waals surface area (Å²) < 4.78 is 23.2. The molecule has 0 radical (unpaired) electrons. The first-order chi connectivity index (χ1) is 8.75. The molecule has 0 unspecified atom stereocenters. The Morgan fingerprint density at radius 1 is 1.37 bits per heavy atom. The van der Waals surface area contributed by atoms with Crippen LogP contribution in [0, 0.1) is 0 Å². The lowest BCUT2D eigenvalue weighted by atomic mass is 10.2. The summed E-state index contributed by atoms with van der Waals surface area (Å²) in [7, 11) is -2.13. The van der Waals surface area contributed by atoms with Gasteiger partial charge < -0.3 is 4.90 Å². The van der Waals surface area contributed by atoms with Gasteiger partial charge in [0.1, 0.15) is 0 Å². The SMILES string of the molecule is CCCCN(C)C(=O)c1cc(Br)cc(S(N)(=O)=O)c1. The van der Waals surface area contributed by atoms with Crippen LogP contribution in [-0.2, 0) is 10.0 Å². The second-order valence-corrected chi connectivity index (χ2v) is 6.78. The van der Waals surface area contributed by atoms with Gasteiger partial charge in [-0.3, -0.25) is 4.79 Å². The lowest BCUT2D eigenvalue weighted by molar-refractivity contribution is 0.0793. The van der Waals surface area contributed by atoms with E-state index in [9.17, 15) is 13.2 Å². The highest BCUT2D eigenvalue weighted by Gasteiger charge is 2.16. The third-order valence-corrected chi connectivity index (χ3v) is 3.99. The Hall–Kier alpha value is -0.920. The second kappa shape index (κ2) is 6.49. The van der Waals surface area contributed by atoms with E-state index in [1.807, 2.05) is 6.92 Å². The summed E-state index contributed by atoms with van der Waals surface area (Å²) in [5.74, 6) is -0.223. The van der Waals surface area contributed by atoms with Crippen LogP contribution in [0.3, 0.4) is 0 Å². The van der Waals surface area contributed by atoms with Crippen molar-refractivity contribution < 1.29 is 13.2 Å². The Bertz CT molecular complexity index is 572. The van der Waals surface area contributed by atoms with E-state index in [0.717, 1.165) is 12.8 Å². The van der Waals surface area contributed by atoms with Gasteiger partial charge in [0.2, 0.25) is 10.0 Å². The summed E-state index contributed by atoms with van der Waals surface area (Å²) in [6.07, 6.45) is 1.89. The highest BCUT2D eigenvalue weighted by Crippen LogP contribution is 2.19. The zero-order valence-electron chi connectivity index (χ0n) is 10.9. The highest BCUT2D eigenvalue weighted by atomic mass is 79.9. The van der Waals surface area contributed by atoms with Crippen molar-refractivity contribution in [2.45, 2.75) is 24.7 Å². The van der Waals surface area contributed by atoms with Gasteiger partial charge >= 0.3 is 0 Å². The van der Waals surface area contributed by atoms with Crippen LogP contribution in [0.15, 0.2) is 27.6 Å². The zero-order chi connectivity index (χ0) is 14.6. The number of nitrogens with zero attached hydrogens (tertiary/aromatic N) is 1. The molecule has 0 aliphatic rings. The number of hydrogen-bond acceptors (Lipinski definition) is 3. The van der Waals surface area contributed by atoms with Crippen LogP contribution in [0.1, 0.15) is 30.1 Å². The van der Waals surface area contributed by atoms with Crippen LogP contribution in [-0.4, -0.2) is 32.8 Å². The van der Waals surface area contributed by atoms with E-state index in [-0.39, 0.29) is 10.8 Å². The fourth-order valence-corrected chi connectivity index (χ4v) is 2.79. The first-order valence-electron chi connectivity index (χ1n) is 5.84. The van der Waals surface area contributed by atoms with Crippen molar-refractivity contribution in [1.29, 1.82) is 0 Å². The maximum atomic E-state index is 12.2. The van der Waals surface area contributed by atoms with Crippen LogP contribution in [0.4, 0.5) is 0 Å². The van der Waals surface area contributed by atoms with Crippen molar-refractivity contribution in [3.05, 3.63) is 28.2 Å². The second-order valence-electron chi connectivity index (χ2n) is 4.30. The normalized spacial score (nSPS) is 11.4. The number of nitrogens with two attached hydrogens (primary N) is 1. The number of primary sulfonamides is 1. The maximum Gasteiger partial charge on any atom is 0.253 e. The maximum absolute atomic E-state index is 12.2.